The molecular formula is C9H9NO2. The van der Waals surface area contributed by atoms with Crippen LogP contribution in [0.25, 0.3) is 0 Å². The first-order chi connectivity index (χ1) is 5.77. The Labute approximate surface area is 70.1 Å². The maximum atomic E-state index is 10.5. The number of aryl methyl sites for hydroxylation is 2. The third kappa shape index (κ3) is 1.07. The van der Waals surface area contributed by atoms with Crippen LogP contribution in [0.3, 0.4) is 0 Å². The molecule has 0 aromatic carbocycles. The van der Waals surface area contributed by atoms with Crippen LogP contribution in [0.15, 0.2) is 12.3 Å². The van der Waals surface area contributed by atoms with Gasteiger partial charge in [0.15, 0.2) is 0 Å². The molecule has 3 heteroatoms. The largest absolute Gasteiger partial charge is 0.477 e. The van der Waals surface area contributed by atoms with Crippen LogP contribution < -0.4 is 0 Å². The van der Waals surface area contributed by atoms with Gasteiger partial charge in [0.25, 0.3) is 0 Å². The molecule has 62 valence electrons. The molecule has 0 spiro atoms. The van der Waals surface area contributed by atoms with Crippen molar-refractivity contribution in [2.24, 2.45) is 0 Å². The Morgan fingerprint density at radius 2 is 2.17 bits per heavy atom. The van der Waals surface area contributed by atoms with Gasteiger partial charge >= 0.3 is 5.97 Å². The molecule has 0 aliphatic heterocycles. The summed E-state index contributed by atoms with van der Waals surface area (Å²) in [6, 6.07) is 1.69. The fourth-order valence-electron chi connectivity index (χ4n) is 1.57. The summed E-state index contributed by atoms with van der Waals surface area (Å²) in [4.78, 5) is 14.4. The highest BCUT2D eigenvalue weighted by Crippen LogP contribution is 2.21. The molecule has 1 aliphatic carbocycles. The molecule has 0 saturated heterocycles. The number of carboxylic acids is 1. The second-order valence-corrected chi connectivity index (χ2v) is 3.00. The van der Waals surface area contributed by atoms with Crippen LogP contribution in [0.1, 0.15) is 28.0 Å². The maximum Gasteiger partial charge on any atom is 0.354 e. The summed E-state index contributed by atoms with van der Waals surface area (Å²) in [7, 11) is 0. The van der Waals surface area contributed by atoms with E-state index in [2.05, 4.69) is 4.98 Å². The maximum absolute atomic E-state index is 10.5. The number of pyridine rings is 1. The van der Waals surface area contributed by atoms with E-state index in [-0.39, 0.29) is 5.69 Å². The highest BCUT2D eigenvalue weighted by Gasteiger charge is 2.13. The van der Waals surface area contributed by atoms with Gasteiger partial charge in [-0.25, -0.2) is 9.78 Å². The van der Waals surface area contributed by atoms with Crippen LogP contribution in [0, 0.1) is 0 Å². The summed E-state index contributed by atoms with van der Waals surface area (Å²) in [5.41, 5.74) is 2.53. The molecule has 1 aliphatic rings. The second-order valence-electron chi connectivity index (χ2n) is 3.00. The van der Waals surface area contributed by atoms with E-state index in [0.29, 0.717) is 0 Å². The predicted molar refractivity (Wildman–Crippen MR) is 43.2 cm³/mol. The molecule has 0 unspecified atom stereocenters. The molecule has 0 amide bonds. The standard InChI is InChI=1S/C9H9NO2/c11-9(12)8-4-6-2-1-3-7(6)5-10-8/h4-5H,1-3H2,(H,11,12). The van der Waals surface area contributed by atoms with Crippen molar-refractivity contribution in [3.63, 3.8) is 0 Å². The first-order valence-electron chi connectivity index (χ1n) is 3.98. The van der Waals surface area contributed by atoms with E-state index < -0.39 is 5.97 Å². The number of fused-ring (bicyclic) bond motifs is 1. The molecule has 0 radical (unpaired) electrons. The second kappa shape index (κ2) is 2.59. The Hall–Kier alpha value is -1.38. The van der Waals surface area contributed by atoms with E-state index in [1.165, 1.54) is 5.56 Å². The zero-order valence-corrected chi connectivity index (χ0v) is 6.58. The van der Waals surface area contributed by atoms with Crippen molar-refractivity contribution < 1.29 is 9.90 Å². The Morgan fingerprint density at radius 3 is 2.92 bits per heavy atom. The van der Waals surface area contributed by atoms with Crippen molar-refractivity contribution in [2.75, 3.05) is 0 Å². The number of hydrogen-bond acceptors (Lipinski definition) is 2. The zero-order chi connectivity index (χ0) is 8.55. The molecule has 12 heavy (non-hydrogen) atoms. The molecular weight excluding hydrogens is 154 g/mol. The third-order valence-electron chi connectivity index (χ3n) is 2.19. The van der Waals surface area contributed by atoms with Crippen LogP contribution in [-0.4, -0.2) is 16.1 Å². The van der Waals surface area contributed by atoms with Crippen molar-refractivity contribution in [1.82, 2.24) is 4.98 Å². The Bertz CT molecular complexity index is 333. The summed E-state index contributed by atoms with van der Waals surface area (Å²) < 4.78 is 0. The smallest absolute Gasteiger partial charge is 0.354 e. The average molecular weight is 163 g/mol. The number of rotatable bonds is 1. The van der Waals surface area contributed by atoms with Crippen molar-refractivity contribution in [3.8, 4) is 0 Å². The third-order valence-corrected chi connectivity index (χ3v) is 2.19. The monoisotopic (exact) mass is 163 g/mol. The quantitative estimate of drug-likeness (QED) is 0.678. The Morgan fingerprint density at radius 1 is 1.42 bits per heavy atom. The summed E-state index contributed by atoms with van der Waals surface area (Å²) in [6.45, 7) is 0. The molecule has 2 rings (SSSR count). The van der Waals surface area contributed by atoms with E-state index in [1.54, 1.807) is 12.3 Å². The summed E-state index contributed by atoms with van der Waals surface area (Å²) in [5, 5.41) is 8.65. The summed E-state index contributed by atoms with van der Waals surface area (Å²) >= 11 is 0. The lowest BCUT2D eigenvalue weighted by atomic mass is 10.1. The van der Waals surface area contributed by atoms with E-state index in [0.717, 1.165) is 24.8 Å². The topological polar surface area (TPSA) is 50.2 Å². The lowest BCUT2D eigenvalue weighted by Crippen LogP contribution is -2.01. The van der Waals surface area contributed by atoms with Crippen LogP contribution in [0.4, 0.5) is 0 Å². The Kier molecular flexibility index (Phi) is 1.57. The van der Waals surface area contributed by atoms with Gasteiger partial charge in [-0.15, -0.1) is 0 Å². The molecule has 1 aromatic rings. The fraction of sp³-hybridized carbons (Fsp3) is 0.333. The number of nitrogens with zero attached hydrogens (tertiary/aromatic N) is 1. The lowest BCUT2D eigenvalue weighted by molar-refractivity contribution is 0.0690. The fourth-order valence-corrected chi connectivity index (χ4v) is 1.57. The lowest BCUT2D eigenvalue weighted by Gasteiger charge is -1.98. The number of aromatic carboxylic acids is 1. The highest BCUT2D eigenvalue weighted by molar-refractivity contribution is 5.85. The first kappa shape index (κ1) is 7.28. The average Bonchev–Trinajstić information content (AvgIpc) is 2.49. The molecule has 1 heterocycles. The minimum Gasteiger partial charge on any atom is -0.477 e. The number of carbonyl (C=O) groups is 1. The van der Waals surface area contributed by atoms with Crippen molar-refractivity contribution in [2.45, 2.75) is 19.3 Å². The van der Waals surface area contributed by atoms with Gasteiger partial charge in [0.05, 0.1) is 0 Å². The van der Waals surface area contributed by atoms with Crippen molar-refractivity contribution in [3.05, 3.63) is 29.1 Å². The summed E-state index contributed by atoms with van der Waals surface area (Å²) in [6.07, 6.45) is 4.85. The minimum atomic E-state index is -0.940. The van der Waals surface area contributed by atoms with Crippen LogP contribution in [-0.2, 0) is 12.8 Å². The van der Waals surface area contributed by atoms with Gasteiger partial charge in [-0.2, -0.15) is 0 Å². The van der Waals surface area contributed by atoms with E-state index in [4.69, 9.17) is 5.11 Å². The normalized spacial score (nSPS) is 14.3. The van der Waals surface area contributed by atoms with Gasteiger partial charge < -0.3 is 5.11 Å². The van der Waals surface area contributed by atoms with Gasteiger partial charge in [-0.05, 0) is 36.5 Å². The van der Waals surface area contributed by atoms with Crippen molar-refractivity contribution >= 4 is 5.97 Å². The molecule has 3 nitrogen and oxygen atoms in total. The molecule has 0 bridgehead atoms. The van der Waals surface area contributed by atoms with E-state index in [9.17, 15) is 4.79 Å². The van der Waals surface area contributed by atoms with Crippen LogP contribution in [0.2, 0.25) is 0 Å². The van der Waals surface area contributed by atoms with Crippen LogP contribution in [0.5, 0.6) is 0 Å². The van der Waals surface area contributed by atoms with E-state index >= 15 is 0 Å². The molecule has 1 aromatic heterocycles. The SMILES string of the molecule is O=C(O)c1cc2c(cn1)CCC2. The predicted octanol–water partition coefficient (Wildman–Crippen LogP) is 1.27. The molecule has 0 fully saturated rings. The number of aromatic nitrogens is 1. The zero-order valence-electron chi connectivity index (χ0n) is 6.58. The van der Waals surface area contributed by atoms with Crippen LogP contribution >= 0.6 is 0 Å². The Balaban J connectivity index is 2.45. The molecule has 0 atom stereocenters. The number of hydrogen-bond donors (Lipinski definition) is 1. The van der Waals surface area contributed by atoms with Gasteiger partial charge in [-0.1, -0.05) is 0 Å². The highest BCUT2D eigenvalue weighted by atomic mass is 16.4. The number of carboxylic acid groups (broad SMARTS) is 1. The van der Waals surface area contributed by atoms with Gasteiger partial charge in [0, 0.05) is 6.20 Å². The summed E-state index contributed by atoms with van der Waals surface area (Å²) in [5.74, 6) is -0.940. The first-order valence-corrected chi connectivity index (χ1v) is 3.98. The molecule has 0 saturated carbocycles. The van der Waals surface area contributed by atoms with E-state index in [1.807, 2.05) is 0 Å². The van der Waals surface area contributed by atoms with Gasteiger partial charge in [0.2, 0.25) is 0 Å². The molecule has 1 N–H and O–H groups in total. The minimum absolute atomic E-state index is 0.163. The van der Waals surface area contributed by atoms with Crippen molar-refractivity contribution in [1.29, 1.82) is 0 Å². The van der Waals surface area contributed by atoms with Gasteiger partial charge in [0.1, 0.15) is 5.69 Å². The van der Waals surface area contributed by atoms with Gasteiger partial charge in [-0.3, -0.25) is 0 Å².